The Morgan fingerprint density at radius 2 is 1.78 bits per heavy atom. The monoisotopic (exact) mass is 530 g/mol. The molecule has 198 valence electrons. The highest BCUT2D eigenvalue weighted by atomic mass is 35.5. The summed E-state index contributed by atoms with van der Waals surface area (Å²) in [6.45, 7) is 4.95. The van der Waals surface area contributed by atoms with Crippen molar-refractivity contribution in [3.63, 3.8) is 0 Å². The number of benzene rings is 1. The van der Waals surface area contributed by atoms with Crippen molar-refractivity contribution in [2.45, 2.75) is 82.6 Å². The van der Waals surface area contributed by atoms with E-state index >= 15 is 8.78 Å². The number of rotatable bonds is 5. The molecule has 7 nitrogen and oxygen atoms in total. The third kappa shape index (κ3) is 4.84. The molecule has 11 heteroatoms. The maximum Gasteiger partial charge on any atom is 0.408 e. The molecule has 1 aromatic carbocycles. The van der Waals surface area contributed by atoms with Gasteiger partial charge in [0.2, 0.25) is 5.91 Å². The highest BCUT2D eigenvalue weighted by Crippen LogP contribution is 2.63. The molecule has 3 aliphatic rings. The number of alkyl carbamates (subject to hydrolysis) is 1. The number of halogens is 4. The summed E-state index contributed by atoms with van der Waals surface area (Å²) in [5, 5.41) is 25.5. The maximum absolute atomic E-state index is 15.1. The number of fused-ring (bicyclic) bond motifs is 2. The number of amides is 2. The molecule has 0 heterocycles. The van der Waals surface area contributed by atoms with Gasteiger partial charge in [0.05, 0.1) is 17.1 Å². The normalized spacial score (nSPS) is 30.4. The van der Waals surface area contributed by atoms with Crippen molar-refractivity contribution >= 4 is 23.6 Å². The molecule has 0 radical (unpaired) electrons. The zero-order valence-electron chi connectivity index (χ0n) is 20.3. The van der Waals surface area contributed by atoms with E-state index in [-0.39, 0.29) is 30.7 Å². The van der Waals surface area contributed by atoms with Gasteiger partial charge in [0.15, 0.2) is 5.76 Å². The lowest BCUT2D eigenvalue weighted by molar-refractivity contribution is -0.126. The molecule has 2 amide bonds. The minimum absolute atomic E-state index is 0.0247. The molecule has 3 aliphatic carbocycles. The number of carbonyl (C=O) groups excluding carboxylic acids is 2. The van der Waals surface area contributed by atoms with Gasteiger partial charge in [0, 0.05) is 5.56 Å². The zero-order valence-corrected chi connectivity index (χ0v) is 21.0. The Balaban J connectivity index is 1.60. The third-order valence-corrected chi connectivity index (χ3v) is 7.77. The van der Waals surface area contributed by atoms with Crippen molar-refractivity contribution in [3.05, 3.63) is 45.9 Å². The van der Waals surface area contributed by atoms with E-state index in [2.05, 4.69) is 10.6 Å². The van der Waals surface area contributed by atoms with E-state index in [1.807, 2.05) is 0 Å². The molecule has 0 unspecified atom stereocenters. The minimum atomic E-state index is -1.47. The number of hydrogen-bond acceptors (Lipinski definition) is 5. The van der Waals surface area contributed by atoms with Crippen molar-refractivity contribution in [1.29, 1.82) is 0 Å². The molecule has 2 fully saturated rings. The summed E-state index contributed by atoms with van der Waals surface area (Å²) in [5.74, 6) is -5.40. The fourth-order valence-electron chi connectivity index (χ4n) is 5.78. The highest BCUT2D eigenvalue weighted by molar-refractivity contribution is 6.30. The lowest BCUT2D eigenvalue weighted by Gasteiger charge is -2.37. The number of nitrogens with one attached hydrogen (secondary N) is 2. The first-order valence-corrected chi connectivity index (χ1v) is 12.3. The molecule has 0 aromatic heterocycles. The Morgan fingerprint density at radius 3 is 2.33 bits per heavy atom. The summed E-state index contributed by atoms with van der Waals surface area (Å²) in [6.07, 6.45) is -0.0156. The predicted molar refractivity (Wildman–Crippen MR) is 125 cm³/mol. The highest BCUT2D eigenvalue weighted by Gasteiger charge is 2.59. The topological polar surface area (TPSA) is 108 Å². The average Bonchev–Trinajstić information content (AvgIpc) is 3.39. The van der Waals surface area contributed by atoms with E-state index in [4.69, 9.17) is 16.3 Å². The van der Waals surface area contributed by atoms with Crippen LogP contribution in [0.1, 0.15) is 70.9 Å². The summed E-state index contributed by atoms with van der Waals surface area (Å²) in [4.78, 5) is 25.5. The lowest BCUT2D eigenvalue weighted by Crippen LogP contribution is -2.43. The predicted octanol–water partition coefficient (Wildman–Crippen LogP) is 5.69. The van der Waals surface area contributed by atoms with Crippen LogP contribution in [0.2, 0.25) is 5.02 Å². The molecule has 1 aromatic rings. The summed E-state index contributed by atoms with van der Waals surface area (Å²) in [6, 6.07) is -0.311. The first kappa shape index (κ1) is 26.4. The van der Waals surface area contributed by atoms with Crippen LogP contribution in [-0.4, -0.2) is 39.5 Å². The van der Waals surface area contributed by atoms with Gasteiger partial charge in [-0.15, -0.1) is 0 Å². The van der Waals surface area contributed by atoms with Crippen molar-refractivity contribution < 1.29 is 37.7 Å². The molecule has 0 aliphatic heterocycles. The largest absolute Gasteiger partial charge is 0.508 e. The van der Waals surface area contributed by atoms with Gasteiger partial charge >= 0.3 is 6.09 Å². The van der Waals surface area contributed by atoms with E-state index in [1.165, 1.54) is 0 Å². The Hall–Kier alpha value is -2.62. The number of hydrogen-bond donors (Lipinski definition) is 4. The summed E-state index contributed by atoms with van der Waals surface area (Å²) < 4.78 is 50.3. The summed E-state index contributed by atoms with van der Waals surface area (Å²) in [5.41, 5.74) is -3.68. The number of alkyl halides is 1. The van der Waals surface area contributed by atoms with Gasteiger partial charge in [-0.05, 0) is 76.8 Å². The standard InChI is InChI=1S/C25H30ClF3N2O5/c1-23(2,3)36-22(35)30-15-10-12(18(32)19(15)33)21(34)31-20(16-14(27)5-4-13(26)17(16)28)24-6-8-25(29,11-24)9-7-24/h4-5,12,15,20,32-33H,6-11H2,1-3H3,(H,30,35)(H,31,34)/t12-,15-,20+,24?,25?/m0/s1. The van der Waals surface area contributed by atoms with Crippen LogP contribution in [0, 0.1) is 23.0 Å². The molecule has 36 heavy (non-hydrogen) atoms. The van der Waals surface area contributed by atoms with Gasteiger partial charge in [-0.2, -0.15) is 0 Å². The van der Waals surface area contributed by atoms with Crippen LogP contribution < -0.4 is 10.6 Å². The van der Waals surface area contributed by atoms with Crippen molar-refractivity contribution in [3.8, 4) is 0 Å². The molecular weight excluding hydrogens is 501 g/mol. The van der Waals surface area contributed by atoms with Crippen LogP contribution >= 0.6 is 11.6 Å². The lowest BCUT2D eigenvalue weighted by atomic mass is 9.74. The van der Waals surface area contributed by atoms with Crippen LogP contribution in [0.4, 0.5) is 18.0 Å². The summed E-state index contributed by atoms with van der Waals surface area (Å²) >= 11 is 5.92. The molecule has 3 atom stereocenters. The van der Waals surface area contributed by atoms with Crippen LogP contribution in [0.3, 0.4) is 0 Å². The first-order valence-electron chi connectivity index (χ1n) is 11.9. The second-order valence-electron chi connectivity index (χ2n) is 11.1. The Bertz CT molecular complexity index is 1110. The fraction of sp³-hybridized carbons (Fsp3) is 0.600. The van der Waals surface area contributed by atoms with Gasteiger partial charge in [-0.3, -0.25) is 4.79 Å². The van der Waals surface area contributed by atoms with E-state index in [1.54, 1.807) is 20.8 Å². The van der Waals surface area contributed by atoms with E-state index < -0.39 is 75.4 Å². The zero-order chi connectivity index (χ0) is 26.6. The van der Waals surface area contributed by atoms with E-state index in [9.17, 15) is 24.2 Å². The number of ether oxygens (including phenoxy) is 1. The Labute approximate surface area is 212 Å². The Kier molecular flexibility index (Phi) is 6.64. The van der Waals surface area contributed by atoms with Gasteiger partial charge in [0.25, 0.3) is 0 Å². The SMILES string of the molecule is CC(C)(C)OC(=O)N[C@H]1C[C@H](C(=O)N[C@H](c2c(F)ccc(Cl)c2F)C23CCC(F)(CC2)C3)C(O)=C1O. The van der Waals surface area contributed by atoms with Crippen LogP contribution in [0.15, 0.2) is 23.7 Å². The van der Waals surface area contributed by atoms with Crippen LogP contribution in [0.25, 0.3) is 0 Å². The Morgan fingerprint density at radius 1 is 1.14 bits per heavy atom. The van der Waals surface area contributed by atoms with Crippen molar-refractivity contribution in [1.82, 2.24) is 10.6 Å². The molecule has 0 spiro atoms. The van der Waals surface area contributed by atoms with Gasteiger partial charge < -0.3 is 25.6 Å². The van der Waals surface area contributed by atoms with Crippen LogP contribution in [0.5, 0.6) is 0 Å². The van der Waals surface area contributed by atoms with E-state index in [0.29, 0.717) is 12.8 Å². The van der Waals surface area contributed by atoms with E-state index in [0.717, 1.165) is 12.1 Å². The maximum atomic E-state index is 15.1. The van der Waals surface area contributed by atoms with Crippen LogP contribution in [-0.2, 0) is 9.53 Å². The second kappa shape index (κ2) is 9.04. The third-order valence-electron chi connectivity index (χ3n) is 7.48. The molecule has 4 rings (SSSR count). The minimum Gasteiger partial charge on any atom is -0.508 e. The quantitative estimate of drug-likeness (QED) is 0.366. The smallest absolute Gasteiger partial charge is 0.408 e. The second-order valence-corrected chi connectivity index (χ2v) is 11.6. The first-order chi connectivity index (χ1) is 16.6. The molecule has 2 bridgehead atoms. The molecule has 2 saturated carbocycles. The number of aliphatic hydroxyl groups is 2. The molecule has 0 saturated heterocycles. The average molecular weight is 531 g/mol. The number of aliphatic hydroxyl groups excluding tert-OH is 2. The van der Waals surface area contributed by atoms with Gasteiger partial charge in [-0.25, -0.2) is 18.0 Å². The molecule has 4 N–H and O–H groups in total. The van der Waals surface area contributed by atoms with Gasteiger partial charge in [0.1, 0.15) is 34.6 Å². The fourth-order valence-corrected chi connectivity index (χ4v) is 5.94. The number of carbonyl (C=O) groups is 2. The van der Waals surface area contributed by atoms with Crippen molar-refractivity contribution in [2.24, 2.45) is 11.3 Å². The van der Waals surface area contributed by atoms with Gasteiger partial charge in [-0.1, -0.05) is 11.6 Å². The summed E-state index contributed by atoms with van der Waals surface area (Å²) in [7, 11) is 0. The molecular formula is C25H30ClF3N2O5. The van der Waals surface area contributed by atoms with Crippen molar-refractivity contribution in [2.75, 3.05) is 0 Å².